The Balaban J connectivity index is 2.51. The molecule has 0 aromatic rings. The van der Waals surface area contributed by atoms with E-state index in [1.165, 1.54) is 0 Å². The number of ketones is 1. The Labute approximate surface area is 113 Å². The van der Waals surface area contributed by atoms with E-state index in [0.29, 0.717) is 12.8 Å². The summed E-state index contributed by atoms with van der Waals surface area (Å²) in [6.07, 6.45) is 2.91. The third-order valence-electron chi connectivity index (χ3n) is 4.67. The van der Waals surface area contributed by atoms with Gasteiger partial charge in [0.05, 0.1) is 12.2 Å². The summed E-state index contributed by atoms with van der Waals surface area (Å²) in [7, 11) is 0. The number of hydrogen-bond acceptors (Lipinski definition) is 4. The molecule has 0 aromatic heterocycles. The highest BCUT2D eigenvalue weighted by Crippen LogP contribution is 2.65. The van der Waals surface area contributed by atoms with Crippen molar-refractivity contribution in [2.75, 3.05) is 6.61 Å². The lowest BCUT2D eigenvalue weighted by atomic mass is 9.66. The number of aliphatic hydroxyl groups is 1. The van der Waals surface area contributed by atoms with Crippen LogP contribution in [0.4, 0.5) is 0 Å². The lowest BCUT2D eigenvalue weighted by molar-refractivity contribution is -0.142. The highest BCUT2D eigenvalue weighted by Gasteiger charge is 2.63. The van der Waals surface area contributed by atoms with Crippen molar-refractivity contribution < 1.29 is 19.4 Å². The molecule has 0 heterocycles. The minimum atomic E-state index is -0.981. The predicted octanol–water partition coefficient (Wildman–Crippen LogP) is 2.15. The van der Waals surface area contributed by atoms with Gasteiger partial charge in [0.1, 0.15) is 5.57 Å². The minimum Gasteiger partial charge on any atom is -0.462 e. The Morgan fingerprint density at radius 2 is 1.95 bits per heavy atom. The molecule has 1 atom stereocenters. The van der Waals surface area contributed by atoms with Crippen LogP contribution in [0.1, 0.15) is 52.9 Å². The Kier molecular flexibility index (Phi) is 3.56. The first-order valence-electron chi connectivity index (χ1n) is 7.12. The largest absolute Gasteiger partial charge is 0.462 e. The molecule has 1 fully saturated rings. The van der Waals surface area contributed by atoms with E-state index in [0.717, 1.165) is 18.4 Å². The molecule has 1 N–H and O–H groups in total. The van der Waals surface area contributed by atoms with Crippen LogP contribution in [0.5, 0.6) is 0 Å². The van der Waals surface area contributed by atoms with Crippen LogP contribution in [0.15, 0.2) is 11.1 Å². The topological polar surface area (TPSA) is 63.6 Å². The van der Waals surface area contributed by atoms with E-state index in [9.17, 15) is 14.7 Å². The molecule has 0 radical (unpaired) electrons. The van der Waals surface area contributed by atoms with Gasteiger partial charge in [0.25, 0.3) is 0 Å². The molecule has 19 heavy (non-hydrogen) atoms. The summed E-state index contributed by atoms with van der Waals surface area (Å²) in [5, 5.41) is 10.8. The van der Waals surface area contributed by atoms with Crippen LogP contribution in [-0.4, -0.2) is 29.1 Å². The fourth-order valence-corrected chi connectivity index (χ4v) is 3.52. The van der Waals surface area contributed by atoms with Gasteiger partial charge in [-0.05, 0) is 38.2 Å². The van der Waals surface area contributed by atoms with Crippen LogP contribution in [0.2, 0.25) is 0 Å². The highest BCUT2D eigenvalue weighted by molar-refractivity contribution is 6.19. The number of Topliss-reactive ketones (excluding diaryl/α,β-unsaturated/α-hetero) is 1. The molecule has 4 heteroatoms. The molecule has 2 rings (SSSR count). The molecule has 0 aromatic carbocycles. The summed E-state index contributed by atoms with van der Waals surface area (Å²) in [4.78, 5) is 24.3. The monoisotopic (exact) mass is 266 g/mol. The van der Waals surface area contributed by atoms with E-state index < -0.39 is 11.6 Å². The second-order valence-electron chi connectivity index (χ2n) is 5.49. The fourth-order valence-electron chi connectivity index (χ4n) is 3.52. The second kappa shape index (κ2) is 4.75. The Bertz CT molecular complexity index is 445. The summed E-state index contributed by atoms with van der Waals surface area (Å²) in [5.74, 6) is -0.786. The molecule has 1 unspecified atom stereocenters. The zero-order valence-electron chi connectivity index (χ0n) is 11.9. The van der Waals surface area contributed by atoms with Gasteiger partial charge in [0.2, 0.25) is 0 Å². The smallest absolute Gasteiger partial charge is 0.341 e. The van der Waals surface area contributed by atoms with E-state index in [4.69, 9.17) is 4.74 Å². The molecule has 0 bridgehead atoms. The van der Waals surface area contributed by atoms with Crippen molar-refractivity contribution in [2.24, 2.45) is 5.41 Å². The summed E-state index contributed by atoms with van der Waals surface area (Å²) >= 11 is 0. The van der Waals surface area contributed by atoms with Gasteiger partial charge < -0.3 is 9.84 Å². The molecule has 0 amide bonds. The number of hydrogen-bond donors (Lipinski definition) is 1. The van der Waals surface area contributed by atoms with Crippen molar-refractivity contribution in [3.8, 4) is 0 Å². The molecular weight excluding hydrogens is 244 g/mol. The maximum absolute atomic E-state index is 12.3. The van der Waals surface area contributed by atoms with Gasteiger partial charge in [-0.15, -0.1) is 0 Å². The van der Waals surface area contributed by atoms with Gasteiger partial charge in [-0.1, -0.05) is 13.8 Å². The van der Waals surface area contributed by atoms with E-state index in [1.54, 1.807) is 6.92 Å². The van der Waals surface area contributed by atoms with Crippen LogP contribution >= 0.6 is 0 Å². The van der Waals surface area contributed by atoms with Gasteiger partial charge in [-0.3, -0.25) is 4.79 Å². The van der Waals surface area contributed by atoms with Crippen molar-refractivity contribution in [2.45, 2.75) is 58.5 Å². The lowest BCUT2D eigenvalue weighted by Crippen LogP contribution is -2.47. The predicted molar refractivity (Wildman–Crippen MR) is 70.5 cm³/mol. The standard InChI is InChI=1S/C15H22O4/c1-4-10-12(13(17)19-6-3)11(16)9-15(18,5-2)14(10)7-8-14/h18H,4-9H2,1-3H3. The van der Waals surface area contributed by atoms with Crippen LogP contribution in [0.25, 0.3) is 0 Å². The van der Waals surface area contributed by atoms with E-state index in [1.807, 2.05) is 13.8 Å². The Morgan fingerprint density at radius 3 is 2.37 bits per heavy atom. The van der Waals surface area contributed by atoms with Crippen LogP contribution in [-0.2, 0) is 14.3 Å². The van der Waals surface area contributed by atoms with Crippen molar-refractivity contribution >= 4 is 11.8 Å². The number of rotatable bonds is 4. The first-order valence-corrected chi connectivity index (χ1v) is 7.12. The van der Waals surface area contributed by atoms with Crippen molar-refractivity contribution in [1.82, 2.24) is 0 Å². The molecule has 4 nitrogen and oxygen atoms in total. The first-order chi connectivity index (χ1) is 8.95. The van der Waals surface area contributed by atoms with Gasteiger partial charge in [-0.2, -0.15) is 0 Å². The first kappa shape index (κ1) is 14.3. The Hall–Kier alpha value is -1.16. The lowest BCUT2D eigenvalue weighted by Gasteiger charge is -2.41. The molecule has 0 saturated heterocycles. The molecule has 1 spiro atoms. The van der Waals surface area contributed by atoms with Gasteiger partial charge in [0.15, 0.2) is 5.78 Å². The zero-order chi connectivity index (χ0) is 14.3. The van der Waals surface area contributed by atoms with Crippen LogP contribution in [0.3, 0.4) is 0 Å². The van der Waals surface area contributed by atoms with Crippen molar-refractivity contribution in [3.05, 3.63) is 11.1 Å². The summed E-state index contributed by atoms with van der Waals surface area (Å²) in [6.45, 7) is 5.82. The molecule has 106 valence electrons. The average Bonchev–Trinajstić information content (AvgIpc) is 3.15. The van der Waals surface area contributed by atoms with E-state index >= 15 is 0 Å². The normalized spacial score (nSPS) is 28.7. The van der Waals surface area contributed by atoms with Crippen LogP contribution < -0.4 is 0 Å². The van der Waals surface area contributed by atoms with Gasteiger partial charge >= 0.3 is 5.97 Å². The third-order valence-corrected chi connectivity index (χ3v) is 4.67. The van der Waals surface area contributed by atoms with Crippen molar-refractivity contribution in [1.29, 1.82) is 0 Å². The second-order valence-corrected chi connectivity index (χ2v) is 5.49. The number of carbonyl (C=O) groups is 2. The maximum atomic E-state index is 12.3. The van der Waals surface area contributed by atoms with Crippen LogP contribution in [0, 0.1) is 5.41 Å². The third kappa shape index (κ3) is 1.93. The quantitative estimate of drug-likeness (QED) is 0.625. The SMILES string of the molecule is CCOC(=O)C1=C(CC)C2(CC2)C(O)(CC)CC1=O. The Morgan fingerprint density at radius 1 is 1.32 bits per heavy atom. The molecule has 1 saturated carbocycles. The summed E-state index contributed by atoms with van der Waals surface area (Å²) < 4.78 is 5.01. The minimum absolute atomic E-state index is 0.0428. The molecule has 2 aliphatic carbocycles. The fraction of sp³-hybridized carbons (Fsp3) is 0.733. The molecule has 2 aliphatic rings. The number of carbonyl (C=O) groups excluding carboxylic acids is 2. The summed E-state index contributed by atoms with van der Waals surface area (Å²) in [6, 6.07) is 0. The van der Waals surface area contributed by atoms with E-state index in [-0.39, 0.29) is 29.8 Å². The van der Waals surface area contributed by atoms with Crippen molar-refractivity contribution in [3.63, 3.8) is 0 Å². The number of esters is 1. The maximum Gasteiger partial charge on any atom is 0.341 e. The summed E-state index contributed by atoms with van der Waals surface area (Å²) in [5.41, 5.74) is -0.315. The zero-order valence-corrected chi connectivity index (χ0v) is 11.9. The highest BCUT2D eigenvalue weighted by atomic mass is 16.5. The van der Waals surface area contributed by atoms with Gasteiger partial charge in [-0.25, -0.2) is 4.79 Å². The van der Waals surface area contributed by atoms with Gasteiger partial charge in [0, 0.05) is 11.8 Å². The number of ether oxygens (including phenoxy) is 1. The average molecular weight is 266 g/mol. The molecule has 0 aliphatic heterocycles. The van der Waals surface area contributed by atoms with E-state index in [2.05, 4.69) is 0 Å². The molecular formula is C15H22O4.